The van der Waals surface area contributed by atoms with Crippen molar-refractivity contribution in [2.45, 2.75) is 13.8 Å². The molecule has 0 radical (unpaired) electrons. The smallest absolute Gasteiger partial charge is 0.0406 e. The molecule has 0 bridgehead atoms. The molecule has 0 amide bonds. The third-order valence-corrected chi connectivity index (χ3v) is 2.60. The van der Waals surface area contributed by atoms with Crippen molar-refractivity contribution in [3.63, 3.8) is 0 Å². The third-order valence-electron chi connectivity index (χ3n) is 2.34. The topological polar surface area (TPSA) is 12.0 Å². The molecule has 0 aliphatic rings. The maximum absolute atomic E-state index is 5.84. The van der Waals surface area contributed by atoms with Crippen LogP contribution in [-0.4, -0.2) is 13.6 Å². The summed E-state index contributed by atoms with van der Waals surface area (Å²) >= 11 is 5.84. The molecular weight excluding hydrogens is 206 g/mol. The van der Waals surface area contributed by atoms with Crippen molar-refractivity contribution in [3.05, 3.63) is 40.4 Å². The second-order valence-corrected chi connectivity index (χ2v) is 4.39. The van der Waals surface area contributed by atoms with Gasteiger partial charge in [0, 0.05) is 11.6 Å². The standard InChI is InChI=1S/C13H18ClN/c1-10(2)12(9-15-3)8-11-4-6-13(14)7-5-11/h4-8,10,15H,9H2,1-3H3. The summed E-state index contributed by atoms with van der Waals surface area (Å²) in [4.78, 5) is 0. The van der Waals surface area contributed by atoms with Crippen LogP contribution in [0.5, 0.6) is 0 Å². The van der Waals surface area contributed by atoms with E-state index in [0.29, 0.717) is 5.92 Å². The van der Waals surface area contributed by atoms with Gasteiger partial charge in [0.25, 0.3) is 0 Å². The van der Waals surface area contributed by atoms with Crippen molar-refractivity contribution in [2.75, 3.05) is 13.6 Å². The predicted molar refractivity (Wildman–Crippen MR) is 68.2 cm³/mol. The van der Waals surface area contributed by atoms with Gasteiger partial charge in [-0.25, -0.2) is 0 Å². The summed E-state index contributed by atoms with van der Waals surface area (Å²) in [5, 5.41) is 3.97. The monoisotopic (exact) mass is 223 g/mol. The predicted octanol–water partition coefficient (Wildman–Crippen LogP) is 3.60. The summed E-state index contributed by atoms with van der Waals surface area (Å²) in [6, 6.07) is 7.93. The van der Waals surface area contributed by atoms with Gasteiger partial charge in [-0.2, -0.15) is 0 Å². The summed E-state index contributed by atoms with van der Waals surface area (Å²) in [6.07, 6.45) is 2.22. The molecule has 1 nitrogen and oxygen atoms in total. The van der Waals surface area contributed by atoms with Gasteiger partial charge in [0.1, 0.15) is 0 Å². The molecule has 1 aromatic carbocycles. The second-order valence-electron chi connectivity index (χ2n) is 3.96. The lowest BCUT2D eigenvalue weighted by molar-refractivity contribution is 0.713. The number of nitrogens with one attached hydrogen (secondary N) is 1. The molecule has 0 saturated heterocycles. The van der Waals surface area contributed by atoms with Crippen LogP contribution >= 0.6 is 11.6 Å². The quantitative estimate of drug-likeness (QED) is 0.823. The zero-order chi connectivity index (χ0) is 11.3. The Morgan fingerprint density at radius 1 is 1.33 bits per heavy atom. The molecule has 2 heteroatoms. The van der Waals surface area contributed by atoms with Crippen LogP contribution in [0.2, 0.25) is 5.02 Å². The summed E-state index contributed by atoms with van der Waals surface area (Å²) in [6.45, 7) is 5.35. The van der Waals surface area contributed by atoms with Gasteiger partial charge in [-0.05, 0) is 30.7 Å². The summed E-state index contributed by atoms with van der Waals surface area (Å²) in [5.74, 6) is 0.563. The molecule has 0 heterocycles. The van der Waals surface area contributed by atoms with Crippen molar-refractivity contribution in [1.82, 2.24) is 5.32 Å². The highest BCUT2D eigenvalue weighted by Crippen LogP contribution is 2.16. The molecule has 0 aromatic heterocycles. The van der Waals surface area contributed by atoms with E-state index < -0.39 is 0 Å². The lowest BCUT2D eigenvalue weighted by atomic mass is 10.0. The Kier molecular flexibility index (Phi) is 4.86. The van der Waals surface area contributed by atoms with E-state index in [1.165, 1.54) is 11.1 Å². The van der Waals surface area contributed by atoms with E-state index in [1.54, 1.807) is 0 Å². The second kappa shape index (κ2) is 5.94. The van der Waals surface area contributed by atoms with Gasteiger partial charge >= 0.3 is 0 Å². The number of hydrogen-bond donors (Lipinski definition) is 1. The molecular formula is C13H18ClN. The largest absolute Gasteiger partial charge is 0.316 e. The fourth-order valence-electron chi connectivity index (χ4n) is 1.40. The highest BCUT2D eigenvalue weighted by molar-refractivity contribution is 6.30. The summed E-state index contributed by atoms with van der Waals surface area (Å²) < 4.78 is 0. The number of hydrogen-bond acceptors (Lipinski definition) is 1. The molecule has 0 spiro atoms. The van der Waals surface area contributed by atoms with Crippen LogP contribution in [0.4, 0.5) is 0 Å². The van der Waals surface area contributed by atoms with E-state index in [4.69, 9.17) is 11.6 Å². The van der Waals surface area contributed by atoms with Crippen molar-refractivity contribution in [3.8, 4) is 0 Å². The van der Waals surface area contributed by atoms with Gasteiger partial charge in [0.05, 0.1) is 0 Å². The fourth-order valence-corrected chi connectivity index (χ4v) is 1.53. The molecule has 15 heavy (non-hydrogen) atoms. The van der Waals surface area contributed by atoms with Crippen molar-refractivity contribution in [2.24, 2.45) is 5.92 Å². The van der Waals surface area contributed by atoms with Gasteiger partial charge in [0.15, 0.2) is 0 Å². The Labute approximate surface area is 97.1 Å². The lowest BCUT2D eigenvalue weighted by Crippen LogP contribution is -2.13. The lowest BCUT2D eigenvalue weighted by Gasteiger charge is -2.10. The first-order valence-electron chi connectivity index (χ1n) is 5.24. The van der Waals surface area contributed by atoms with Gasteiger partial charge in [0.2, 0.25) is 0 Å². The maximum atomic E-state index is 5.84. The van der Waals surface area contributed by atoms with E-state index in [2.05, 4.69) is 25.2 Å². The van der Waals surface area contributed by atoms with Crippen molar-refractivity contribution < 1.29 is 0 Å². The van der Waals surface area contributed by atoms with E-state index in [0.717, 1.165) is 11.6 Å². The van der Waals surface area contributed by atoms with E-state index in [1.807, 2.05) is 31.3 Å². The number of likely N-dealkylation sites (N-methyl/N-ethyl adjacent to an activating group) is 1. The van der Waals surface area contributed by atoms with Crippen LogP contribution in [0.3, 0.4) is 0 Å². The number of benzene rings is 1. The molecule has 1 N–H and O–H groups in total. The van der Waals surface area contributed by atoms with Gasteiger partial charge < -0.3 is 5.32 Å². The van der Waals surface area contributed by atoms with E-state index >= 15 is 0 Å². The van der Waals surface area contributed by atoms with E-state index in [-0.39, 0.29) is 0 Å². The van der Waals surface area contributed by atoms with Gasteiger partial charge in [-0.15, -0.1) is 0 Å². The summed E-state index contributed by atoms with van der Waals surface area (Å²) in [7, 11) is 1.97. The molecule has 0 aliphatic heterocycles. The van der Waals surface area contributed by atoms with Crippen LogP contribution in [0, 0.1) is 5.92 Å². The minimum absolute atomic E-state index is 0.563. The highest BCUT2D eigenvalue weighted by atomic mass is 35.5. The van der Waals surface area contributed by atoms with Crippen LogP contribution < -0.4 is 5.32 Å². The Bertz CT molecular complexity index is 325. The number of rotatable bonds is 4. The van der Waals surface area contributed by atoms with Crippen LogP contribution in [0.25, 0.3) is 6.08 Å². The normalized spacial score (nSPS) is 12.2. The Balaban J connectivity index is 2.86. The SMILES string of the molecule is CNCC(=Cc1ccc(Cl)cc1)C(C)C. The van der Waals surface area contributed by atoms with Gasteiger partial charge in [-0.1, -0.05) is 49.2 Å². The first-order valence-corrected chi connectivity index (χ1v) is 5.62. The molecule has 0 saturated carbocycles. The summed E-state index contributed by atoms with van der Waals surface area (Å²) in [5.41, 5.74) is 2.61. The maximum Gasteiger partial charge on any atom is 0.0406 e. The molecule has 0 unspecified atom stereocenters. The molecule has 0 fully saturated rings. The minimum atomic E-state index is 0.563. The molecule has 1 rings (SSSR count). The molecule has 0 aliphatic carbocycles. The average molecular weight is 224 g/mol. The van der Waals surface area contributed by atoms with Crippen molar-refractivity contribution >= 4 is 17.7 Å². The zero-order valence-corrected chi connectivity index (χ0v) is 10.3. The number of halogens is 1. The first kappa shape index (κ1) is 12.3. The third kappa shape index (κ3) is 4.06. The van der Waals surface area contributed by atoms with Crippen LogP contribution in [0.1, 0.15) is 19.4 Å². The fraction of sp³-hybridized carbons (Fsp3) is 0.385. The molecule has 82 valence electrons. The Hall–Kier alpha value is -0.790. The Morgan fingerprint density at radius 2 is 1.93 bits per heavy atom. The Morgan fingerprint density at radius 3 is 2.40 bits per heavy atom. The zero-order valence-electron chi connectivity index (χ0n) is 9.55. The van der Waals surface area contributed by atoms with Crippen LogP contribution in [0.15, 0.2) is 29.8 Å². The minimum Gasteiger partial charge on any atom is -0.316 e. The van der Waals surface area contributed by atoms with Gasteiger partial charge in [-0.3, -0.25) is 0 Å². The molecule has 0 atom stereocenters. The molecule has 1 aromatic rings. The first-order chi connectivity index (χ1) is 7.13. The van der Waals surface area contributed by atoms with Crippen LogP contribution in [-0.2, 0) is 0 Å². The highest BCUT2D eigenvalue weighted by Gasteiger charge is 2.01. The van der Waals surface area contributed by atoms with Crippen molar-refractivity contribution in [1.29, 1.82) is 0 Å². The van der Waals surface area contributed by atoms with E-state index in [9.17, 15) is 0 Å². The average Bonchev–Trinajstić information content (AvgIpc) is 2.20.